The average Bonchev–Trinajstić information content (AvgIpc) is 2.43. The summed E-state index contributed by atoms with van der Waals surface area (Å²) < 4.78 is 9.86. The summed E-state index contributed by atoms with van der Waals surface area (Å²) in [5.74, 6) is -0.501. The number of nitrogens with one attached hydrogen (secondary N) is 2. The highest BCUT2D eigenvalue weighted by Gasteiger charge is 2.43. The van der Waals surface area contributed by atoms with Gasteiger partial charge in [0.1, 0.15) is 18.9 Å². The molecule has 1 aliphatic heterocycles. The van der Waals surface area contributed by atoms with E-state index in [1.54, 1.807) is 0 Å². The highest BCUT2D eigenvalue weighted by atomic mass is 16.6. The van der Waals surface area contributed by atoms with Gasteiger partial charge < -0.3 is 19.9 Å². The fraction of sp³-hybridized carbons (Fsp3) is 0.385. The lowest BCUT2D eigenvalue weighted by atomic mass is 10.1. The molecule has 1 fully saturated rings. The minimum absolute atomic E-state index is 0.126. The minimum atomic E-state index is -0.969. The van der Waals surface area contributed by atoms with Gasteiger partial charge in [-0.05, 0) is 5.56 Å². The number of amides is 1. The molecule has 0 bridgehead atoms. The predicted octanol–water partition coefficient (Wildman–Crippen LogP) is 0.0922. The van der Waals surface area contributed by atoms with Crippen LogP contribution < -0.4 is 10.6 Å². The number of hydrogen-bond acceptors (Lipinski definition) is 6. The molecule has 1 saturated heterocycles. The molecule has 1 aliphatic rings. The molecule has 1 aromatic rings. The first-order valence-corrected chi connectivity index (χ1v) is 6.15. The third kappa shape index (κ3) is 3.69. The second kappa shape index (κ2) is 6.36. The molecule has 108 valence electrons. The topological polar surface area (TPSA) is 96.9 Å². The Hall–Kier alpha value is -2.12. The van der Waals surface area contributed by atoms with Gasteiger partial charge in [-0.1, -0.05) is 30.3 Å². The molecule has 0 aliphatic carbocycles. The fourth-order valence-corrected chi connectivity index (χ4v) is 1.76. The van der Waals surface area contributed by atoms with Crippen LogP contribution in [0.1, 0.15) is 12.5 Å². The van der Waals surface area contributed by atoms with Gasteiger partial charge in [0.2, 0.25) is 0 Å². The Morgan fingerprint density at radius 1 is 1.35 bits per heavy atom. The Kier molecular flexibility index (Phi) is 4.54. The molecule has 3 N–H and O–H groups in total. The molecule has 0 saturated carbocycles. The van der Waals surface area contributed by atoms with Gasteiger partial charge in [0, 0.05) is 6.92 Å². The van der Waals surface area contributed by atoms with Crippen LogP contribution in [0.25, 0.3) is 0 Å². The van der Waals surface area contributed by atoms with E-state index in [1.165, 1.54) is 6.92 Å². The Morgan fingerprint density at radius 2 is 2.05 bits per heavy atom. The van der Waals surface area contributed by atoms with Crippen molar-refractivity contribution < 1.29 is 24.2 Å². The molecular weight excluding hydrogens is 264 g/mol. The lowest BCUT2D eigenvalue weighted by Crippen LogP contribution is -2.72. The van der Waals surface area contributed by atoms with Crippen molar-refractivity contribution in [3.8, 4) is 0 Å². The summed E-state index contributed by atoms with van der Waals surface area (Å²) in [5.41, 5.74) is 0.853. The molecule has 1 amide bonds. The Bertz CT molecular complexity index is 479. The first-order chi connectivity index (χ1) is 9.56. The number of hydrogen-bond donors (Lipinski definition) is 3. The summed E-state index contributed by atoms with van der Waals surface area (Å²) in [5, 5.41) is 14.4. The number of aliphatic hydroxyl groups excluding tert-OH is 1. The summed E-state index contributed by atoms with van der Waals surface area (Å²) in [7, 11) is 0. The maximum Gasteiger partial charge on any atom is 0.408 e. The van der Waals surface area contributed by atoms with Gasteiger partial charge in [-0.3, -0.25) is 10.1 Å². The largest absolute Gasteiger partial charge is 0.445 e. The van der Waals surface area contributed by atoms with E-state index in [0.717, 1.165) is 5.56 Å². The second-order valence-corrected chi connectivity index (χ2v) is 4.37. The van der Waals surface area contributed by atoms with Crippen LogP contribution in [0.2, 0.25) is 0 Å². The zero-order valence-corrected chi connectivity index (χ0v) is 10.9. The lowest BCUT2D eigenvalue weighted by molar-refractivity contribution is -0.169. The highest BCUT2D eigenvalue weighted by molar-refractivity contribution is 5.69. The molecule has 20 heavy (non-hydrogen) atoms. The van der Waals surface area contributed by atoms with Crippen molar-refractivity contribution in [3.63, 3.8) is 0 Å². The van der Waals surface area contributed by atoms with Gasteiger partial charge >= 0.3 is 12.1 Å². The zero-order valence-electron chi connectivity index (χ0n) is 10.9. The highest BCUT2D eigenvalue weighted by Crippen LogP contribution is 2.13. The molecule has 0 radical (unpaired) electrons. The van der Waals surface area contributed by atoms with Crippen LogP contribution in [-0.4, -0.2) is 35.7 Å². The molecule has 7 heteroatoms. The van der Waals surface area contributed by atoms with Gasteiger partial charge in [0.05, 0.1) is 0 Å². The molecule has 1 unspecified atom stereocenters. The van der Waals surface area contributed by atoms with Gasteiger partial charge in [0.25, 0.3) is 0 Å². The number of ether oxygens (including phenoxy) is 2. The minimum Gasteiger partial charge on any atom is -0.445 e. The van der Waals surface area contributed by atoms with E-state index in [9.17, 15) is 14.7 Å². The number of benzene rings is 1. The number of carbonyl (C=O) groups is 2. The van der Waals surface area contributed by atoms with Crippen LogP contribution in [0.5, 0.6) is 0 Å². The summed E-state index contributed by atoms with van der Waals surface area (Å²) in [6, 6.07) is 8.48. The maximum atomic E-state index is 11.6. The van der Waals surface area contributed by atoms with Gasteiger partial charge in [-0.25, -0.2) is 4.79 Å². The number of esters is 1. The van der Waals surface area contributed by atoms with Crippen molar-refractivity contribution in [1.29, 1.82) is 0 Å². The quantitative estimate of drug-likeness (QED) is 0.676. The van der Waals surface area contributed by atoms with Crippen molar-refractivity contribution in [2.24, 2.45) is 0 Å². The first-order valence-electron chi connectivity index (χ1n) is 6.15. The third-order valence-corrected chi connectivity index (χ3v) is 2.79. The van der Waals surface area contributed by atoms with Gasteiger partial charge in [-0.15, -0.1) is 0 Å². The lowest BCUT2D eigenvalue weighted by Gasteiger charge is -2.41. The van der Waals surface area contributed by atoms with Crippen LogP contribution in [0, 0.1) is 0 Å². The van der Waals surface area contributed by atoms with E-state index in [-0.39, 0.29) is 6.61 Å². The fourth-order valence-electron chi connectivity index (χ4n) is 1.76. The van der Waals surface area contributed by atoms with Crippen LogP contribution >= 0.6 is 0 Å². The Morgan fingerprint density at radius 3 is 2.65 bits per heavy atom. The van der Waals surface area contributed by atoms with E-state index in [4.69, 9.17) is 9.47 Å². The number of alkyl carbamates (subject to hydrolysis) is 1. The maximum absolute atomic E-state index is 11.6. The summed E-state index contributed by atoms with van der Waals surface area (Å²) in [4.78, 5) is 22.4. The van der Waals surface area contributed by atoms with Crippen molar-refractivity contribution in [2.75, 3.05) is 0 Å². The van der Waals surface area contributed by atoms with Gasteiger partial charge in [0.15, 0.2) is 6.23 Å². The summed E-state index contributed by atoms with van der Waals surface area (Å²) in [6.45, 7) is 1.37. The standard InChI is InChI=1S/C13H16N2O5/c1-8(16)20-12-10(11(17)15-12)14-13(18)19-7-9-5-3-2-4-6-9/h2-6,10-12,15,17H,7H2,1H3,(H,14,18)/t10-,11?,12-/m0/s1. The van der Waals surface area contributed by atoms with Crippen molar-refractivity contribution >= 4 is 12.1 Å². The molecule has 2 rings (SSSR count). The SMILES string of the molecule is CC(=O)O[C@@H]1NC(O)[C@@H]1NC(=O)OCc1ccccc1. The first kappa shape index (κ1) is 14.3. The van der Waals surface area contributed by atoms with Crippen LogP contribution in [0.3, 0.4) is 0 Å². The zero-order chi connectivity index (χ0) is 14.5. The van der Waals surface area contributed by atoms with Crippen molar-refractivity contribution in [2.45, 2.75) is 32.0 Å². The molecule has 1 aromatic carbocycles. The number of carbonyl (C=O) groups excluding carboxylic acids is 2. The normalized spacial score (nSPS) is 24.4. The Balaban J connectivity index is 1.77. The van der Waals surface area contributed by atoms with Crippen molar-refractivity contribution in [3.05, 3.63) is 35.9 Å². The Labute approximate surface area is 115 Å². The third-order valence-electron chi connectivity index (χ3n) is 2.79. The predicted molar refractivity (Wildman–Crippen MR) is 68.2 cm³/mol. The van der Waals surface area contributed by atoms with Crippen LogP contribution in [-0.2, 0) is 20.9 Å². The average molecular weight is 280 g/mol. The van der Waals surface area contributed by atoms with Gasteiger partial charge in [-0.2, -0.15) is 0 Å². The van der Waals surface area contributed by atoms with Crippen molar-refractivity contribution in [1.82, 2.24) is 10.6 Å². The number of rotatable bonds is 4. The molecule has 0 spiro atoms. The molecule has 0 aromatic heterocycles. The van der Waals surface area contributed by atoms with E-state index >= 15 is 0 Å². The molecule has 3 atom stereocenters. The monoisotopic (exact) mass is 280 g/mol. The van der Waals surface area contributed by atoms with Crippen LogP contribution in [0.15, 0.2) is 30.3 Å². The molecule has 1 heterocycles. The summed E-state index contributed by atoms with van der Waals surface area (Å²) >= 11 is 0. The van der Waals surface area contributed by atoms with E-state index < -0.39 is 30.6 Å². The van der Waals surface area contributed by atoms with E-state index in [0.29, 0.717) is 0 Å². The molecular formula is C13H16N2O5. The van der Waals surface area contributed by atoms with E-state index in [2.05, 4.69) is 10.6 Å². The summed E-state index contributed by atoms with van der Waals surface area (Å²) in [6.07, 6.45) is -2.40. The van der Waals surface area contributed by atoms with Crippen LogP contribution in [0.4, 0.5) is 4.79 Å². The van der Waals surface area contributed by atoms with E-state index in [1.807, 2.05) is 30.3 Å². The second-order valence-electron chi connectivity index (χ2n) is 4.37. The smallest absolute Gasteiger partial charge is 0.408 e. The molecule has 7 nitrogen and oxygen atoms in total. The number of aliphatic hydroxyl groups is 1.